The molecule has 0 unspecified atom stereocenters. The van der Waals surface area contributed by atoms with Gasteiger partial charge in [0.15, 0.2) is 5.69 Å². The van der Waals surface area contributed by atoms with Crippen molar-refractivity contribution < 1.29 is 9.53 Å². The summed E-state index contributed by atoms with van der Waals surface area (Å²) in [5.41, 5.74) is 0.837. The van der Waals surface area contributed by atoms with Gasteiger partial charge in [0.1, 0.15) is 0 Å². The van der Waals surface area contributed by atoms with Gasteiger partial charge in [0.25, 0.3) is 0 Å². The third-order valence-corrected chi connectivity index (χ3v) is 1.63. The number of pyridine rings is 1. The van der Waals surface area contributed by atoms with E-state index in [-0.39, 0.29) is 12.1 Å². The maximum Gasteiger partial charge on any atom is 0.357 e. The minimum atomic E-state index is -0.474. The van der Waals surface area contributed by atoms with E-state index in [1.807, 2.05) is 6.07 Å². The Labute approximate surface area is 82.1 Å². The highest BCUT2D eigenvalue weighted by Gasteiger charge is 2.12. The fraction of sp³-hybridized carbons (Fsp3) is 0.300. The van der Waals surface area contributed by atoms with Crippen LogP contribution in [-0.4, -0.2) is 17.6 Å². The molecule has 4 nitrogen and oxygen atoms in total. The zero-order chi connectivity index (χ0) is 10.4. The Morgan fingerprint density at radius 3 is 3.14 bits per heavy atom. The molecule has 0 aliphatic rings. The van der Waals surface area contributed by atoms with Gasteiger partial charge in [0, 0.05) is 6.20 Å². The summed E-state index contributed by atoms with van der Waals surface area (Å²) < 4.78 is 4.80. The SMILES string of the molecule is CCOC(=O)c1ncccc1CC#N. The molecule has 14 heavy (non-hydrogen) atoms. The van der Waals surface area contributed by atoms with E-state index in [1.165, 1.54) is 6.20 Å². The van der Waals surface area contributed by atoms with Gasteiger partial charge in [-0.1, -0.05) is 6.07 Å². The van der Waals surface area contributed by atoms with E-state index in [0.717, 1.165) is 0 Å². The van der Waals surface area contributed by atoms with Gasteiger partial charge in [-0.2, -0.15) is 5.26 Å². The molecule has 0 atom stereocenters. The summed E-state index contributed by atoms with van der Waals surface area (Å²) in [5, 5.41) is 8.53. The summed E-state index contributed by atoms with van der Waals surface area (Å²) in [6.07, 6.45) is 1.68. The average Bonchev–Trinajstić information content (AvgIpc) is 2.19. The van der Waals surface area contributed by atoms with Crippen LogP contribution in [0.15, 0.2) is 18.3 Å². The Morgan fingerprint density at radius 2 is 2.50 bits per heavy atom. The molecule has 4 heteroatoms. The van der Waals surface area contributed by atoms with Crippen LogP contribution in [0.1, 0.15) is 23.0 Å². The maximum atomic E-state index is 11.3. The molecule has 0 aliphatic carbocycles. The van der Waals surface area contributed by atoms with Crippen molar-refractivity contribution in [2.75, 3.05) is 6.61 Å². The number of hydrogen-bond donors (Lipinski definition) is 0. The number of nitrogens with zero attached hydrogens (tertiary/aromatic N) is 2. The molecule has 0 saturated heterocycles. The van der Waals surface area contributed by atoms with Gasteiger partial charge < -0.3 is 4.74 Å². The van der Waals surface area contributed by atoms with E-state index in [4.69, 9.17) is 10.00 Å². The van der Waals surface area contributed by atoms with Gasteiger partial charge in [0.2, 0.25) is 0 Å². The first-order valence-electron chi connectivity index (χ1n) is 4.27. The van der Waals surface area contributed by atoms with Crippen molar-refractivity contribution in [3.8, 4) is 6.07 Å². The molecule has 1 heterocycles. The molecular weight excluding hydrogens is 180 g/mol. The molecule has 0 bridgehead atoms. The molecule has 1 rings (SSSR count). The molecule has 0 spiro atoms. The lowest BCUT2D eigenvalue weighted by Gasteiger charge is -2.03. The first kappa shape index (κ1) is 10.2. The number of esters is 1. The second-order valence-electron chi connectivity index (χ2n) is 2.57. The standard InChI is InChI=1S/C10H10N2O2/c1-2-14-10(13)9-8(5-6-11)4-3-7-12-9/h3-4,7H,2,5H2,1H3. The van der Waals surface area contributed by atoms with E-state index in [2.05, 4.69) is 4.98 Å². The van der Waals surface area contributed by atoms with Gasteiger partial charge in [-0.3, -0.25) is 0 Å². The number of ether oxygens (including phenoxy) is 1. The van der Waals surface area contributed by atoms with Crippen LogP contribution in [0.4, 0.5) is 0 Å². The normalized spacial score (nSPS) is 9.14. The smallest absolute Gasteiger partial charge is 0.357 e. The molecule has 0 saturated carbocycles. The lowest BCUT2D eigenvalue weighted by atomic mass is 10.1. The highest BCUT2D eigenvalue weighted by molar-refractivity contribution is 5.88. The van der Waals surface area contributed by atoms with Crippen molar-refractivity contribution >= 4 is 5.97 Å². The van der Waals surface area contributed by atoms with E-state index < -0.39 is 5.97 Å². The van der Waals surface area contributed by atoms with E-state index in [0.29, 0.717) is 12.2 Å². The van der Waals surface area contributed by atoms with Crippen LogP contribution in [-0.2, 0) is 11.2 Å². The second kappa shape index (κ2) is 4.97. The van der Waals surface area contributed by atoms with Crippen LogP contribution in [0.5, 0.6) is 0 Å². The van der Waals surface area contributed by atoms with Crippen molar-refractivity contribution in [1.82, 2.24) is 4.98 Å². The van der Waals surface area contributed by atoms with Crippen molar-refractivity contribution in [1.29, 1.82) is 5.26 Å². The Hall–Kier alpha value is -1.89. The van der Waals surface area contributed by atoms with Crippen molar-refractivity contribution in [3.05, 3.63) is 29.6 Å². The summed E-state index contributed by atoms with van der Waals surface area (Å²) in [6, 6.07) is 5.36. The third kappa shape index (κ3) is 2.30. The van der Waals surface area contributed by atoms with E-state index in [1.54, 1.807) is 19.1 Å². The van der Waals surface area contributed by atoms with Gasteiger partial charge in [0.05, 0.1) is 19.1 Å². The van der Waals surface area contributed by atoms with Crippen LogP contribution in [0.25, 0.3) is 0 Å². The highest BCUT2D eigenvalue weighted by atomic mass is 16.5. The van der Waals surface area contributed by atoms with Crippen LogP contribution < -0.4 is 0 Å². The number of carbonyl (C=O) groups is 1. The molecule has 0 amide bonds. The van der Waals surface area contributed by atoms with Crippen molar-refractivity contribution in [2.24, 2.45) is 0 Å². The number of carbonyl (C=O) groups excluding carboxylic acids is 1. The second-order valence-corrected chi connectivity index (χ2v) is 2.57. The number of nitriles is 1. The molecule has 0 aromatic carbocycles. The Morgan fingerprint density at radius 1 is 1.71 bits per heavy atom. The molecule has 72 valence electrons. The van der Waals surface area contributed by atoms with Gasteiger partial charge in [-0.05, 0) is 18.6 Å². The summed E-state index contributed by atoms with van der Waals surface area (Å²) in [5.74, 6) is -0.474. The largest absolute Gasteiger partial charge is 0.461 e. The van der Waals surface area contributed by atoms with Crippen LogP contribution in [0, 0.1) is 11.3 Å². The topological polar surface area (TPSA) is 63.0 Å². The minimum Gasteiger partial charge on any atom is -0.461 e. The van der Waals surface area contributed by atoms with Gasteiger partial charge in [-0.15, -0.1) is 0 Å². The zero-order valence-corrected chi connectivity index (χ0v) is 7.86. The van der Waals surface area contributed by atoms with Crippen molar-refractivity contribution in [3.63, 3.8) is 0 Å². The minimum absolute atomic E-state index is 0.169. The average molecular weight is 190 g/mol. The predicted octanol–water partition coefficient (Wildman–Crippen LogP) is 1.32. The monoisotopic (exact) mass is 190 g/mol. The fourth-order valence-corrected chi connectivity index (χ4v) is 1.05. The van der Waals surface area contributed by atoms with E-state index >= 15 is 0 Å². The predicted molar refractivity (Wildman–Crippen MR) is 49.5 cm³/mol. The summed E-state index contributed by atoms with van der Waals surface area (Å²) in [4.78, 5) is 15.2. The summed E-state index contributed by atoms with van der Waals surface area (Å²) >= 11 is 0. The lowest BCUT2D eigenvalue weighted by molar-refractivity contribution is 0.0518. The summed E-state index contributed by atoms with van der Waals surface area (Å²) in [7, 11) is 0. The molecule has 0 fully saturated rings. The number of hydrogen-bond acceptors (Lipinski definition) is 4. The zero-order valence-electron chi connectivity index (χ0n) is 7.86. The van der Waals surface area contributed by atoms with Crippen LogP contribution in [0.2, 0.25) is 0 Å². The third-order valence-electron chi connectivity index (χ3n) is 1.63. The van der Waals surface area contributed by atoms with Crippen LogP contribution in [0.3, 0.4) is 0 Å². The van der Waals surface area contributed by atoms with Crippen LogP contribution >= 0.6 is 0 Å². The molecule has 0 N–H and O–H groups in total. The highest BCUT2D eigenvalue weighted by Crippen LogP contribution is 2.07. The van der Waals surface area contributed by atoms with Crippen molar-refractivity contribution in [2.45, 2.75) is 13.3 Å². The first-order chi connectivity index (χ1) is 6.79. The molecular formula is C10H10N2O2. The first-order valence-corrected chi connectivity index (χ1v) is 4.27. The molecule has 0 radical (unpaired) electrons. The Bertz CT molecular complexity index is 369. The summed E-state index contributed by atoms with van der Waals surface area (Å²) in [6.45, 7) is 2.03. The lowest BCUT2D eigenvalue weighted by Crippen LogP contribution is -2.10. The number of rotatable bonds is 3. The fourth-order valence-electron chi connectivity index (χ4n) is 1.05. The van der Waals surface area contributed by atoms with Gasteiger partial charge >= 0.3 is 5.97 Å². The molecule has 1 aromatic rings. The number of aromatic nitrogens is 1. The van der Waals surface area contributed by atoms with Gasteiger partial charge in [-0.25, -0.2) is 9.78 Å². The molecule has 0 aliphatic heterocycles. The quantitative estimate of drug-likeness (QED) is 0.674. The Balaban J connectivity index is 2.95. The van der Waals surface area contributed by atoms with E-state index in [9.17, 15) is 4.79 Å². The maximum absolute atomic E-state index is 11.3. The molecule has 1 aromatic heterocycles. The Kier molecular flexibility index (Phi) is 3.62.